The van der Waals surface area contributed by atoms with Crippen LogP contribution in [0.1, 0.15) is 12.0 Å². The van der Waals surface area contributed by atoms with E-state index in [1.54, 1.807) is 12.1 Å². The number of fused-ring (bicyclic) bond motifs is 1. The number of para-hydroxylation sites is 1. The van der Waals surface area contributed by atoms with Crippen molar-refractivity contribution in [3.63, 3.8) is 0 Å². The Bertz CT molecular complexity index is 856. The summed E-state index contributed by atoms with van der Waals surface area (Å²) >= 11 is 0. The molecular formula is C15H19N4O5P. The van der Waals surface area contributed by atoms with Gasteiger partial charge in [-0.05, 0) is 12.5 Å². The maximum absolute atomic E-state index is 12.7. The number of anilines is 1. The molecule has 0 fully saturated rings. The molecule has 3 N–H and O–H groups in total. The van der Waals surface area contributed by atoms with Gasteiger partial charge in [-0.15, -0.1) is 0 Å². The van der Waals surface area contributed by atoms with Gasteiger partial charge in [-0.2, -0.15) is 4.98 Å². The van der Waals surface area contributed by atoms with Crippen molar-refractivity contribution < 1.29 is 18.7 Å². The Morgan fingerprint density at radius 1 is 1.40 bits per heavy atom. The van der Waals surface area contributed by atoms with E-state index < -0.39 is 13.3 Å². The minimum atomic E-state index is -3.29. The van der Waals surface area contributed by atoms with Crippen LogP contribution in [0.15, 0.2) is 35.4 Å². The molecule has 0 amide bonds. The van der Waals surface area contributed by atoms with Crippen molar-refractivity contribution in [1.82, 2.24) is 14.5 Å². The molecule has 1 aliphatic heterocycles. The van der Waals surface area contributed by atoms with Gasteiger partial charge >= 0.3 is 13.3 Å². The third-order valence-electron chi connectivity index (χ3n) is 3.94. The van der Waals surface area contributed by atoms with Gasteiger partial charge in [0.25, 0.3) is 0 Å². The van der Waals surface area contributed by atoms with Gasteiger partial charge in [0, 0.05) is 24.6 Å². The fourth-order valence-corrected chi connectivity index (χ4v) is 4.29. The molecule has 1 unspecified atom stereocenters. The molecule has 1 aromatic carbocycles. The third-order valence-corrected chi connectivity index (χ3v) is 5.74. The average molecular weight is 366 g/mol. The average Bonchev–Trinajstić information content (AvgIpc) is 2.60. The summed E-state index contributed by atoms with van der Waals surface area (Å²) in [5.41, 5.74) is 5.65. The zero-order valence-electron chi connectivity index (χ0n) is 13.4. The molecule has 25 heavy (non-hydrogen) atoms. The lowest BCUT2D eigenvalue weighted by molar-refractivity contribution is 0.197. The lowest BCUT2D eigenvalue weighted by Crippen LogP contribution is -2.29. The van der Waals surface area contributed by atoms with Crippen LogP contribution in [-0.4, -0.2) is 32.4 Å². The number of aromatic nitrogens is 3. The number of nitrogens with two attached hydrogens (primary N) is 1. The summed E-state index contributed by atoms with van der Waals surface area (Å²) in [5.74, 6) is 0.134. The van der Waals surface area contributed by atoms with Gasteiger partial charge in [0.2, 0.25) is 5.95 Å². The predicted octanol–water partition coefficient (Wildman–Crippen LogP) is 1.02. The molecular weight excluding hydrogens is 347 g/mol. The van der Waals surface area contributed by atoms with Gasteiger partial charge < -0.3 is 15.4 Å². The van der Waals surface area contributed by atoms with E-state index in [0.717, 1.165) is 5.56 Å². The molecule has 9 nitrogen and oxygen atoms in total. The van der Waals surface area contributed by atoms with E-state index in [2.05, 4.69) is 9.97 Å². The molecule has 10 heteroatoms. The van der Waals surface area contributed by atoms with E-state index in [1.165, 1.54) is 10.9 Å². The molecule has 2 aromatic rings. The topological polar surface area (TPSA) is 130 Å². The first kappa shape index (κ1) is 17.6. The van der Waals surface area contributed by atoms with Crippen molar-refractivity contribution in [2.75, 3.05) is 18.5 Å². The van der Waals surface area contributed by atoms with E-state index in [9.17, 15) is 14.5 Å². The summed E-state index contributed by atoms with van der Waals surface area (Å²) < 4.78 is 25.0. The minimum absolute atomic E-state index is 0.103. The molecule has 0 bridgehead atoms. The van der Waals surface area contributed by atoms with Crippen LogP contribution in [0.3, 0.4) is 0 Å². The van der Waals surface area contributed by atoms with Crippen LogP contribution in [-0.2, 0) is 22.2 Å². The number of nitrogen functional groups attached to an aromatic ring is 1. The molecule has 0 saturated carbocycles. The smallest absolute Gasteiger partial charge is 0.379 e. The van der Waals surface area contributed by atoms with Crippen LogP contribution in [0.4, 0.5) is 5.95 Å². The summed E-state index contributed by atoms with van der Waals surface area (Å²) in [4.78, 5) is 19.0. The second kappa shape index (κ2) is 7.35. The van der Waals surface area contributed by atoms with Crippen molar-refractivity contribution >= 4 is 13.5 Å². The highest BCUT2D eigenvalue weighted by Gasteiger charge is 2.32. The number of hydrogen-bond acceptors (Lipinski definition) is 8. The monoisotopic (exact) mass is 366 g/mol. The summed E-state index contributed by atoms with van der Waals surface area (Å²) in [6.07, 6.45) is 1.77. The molecule has 0 radical (unpaired) electrons. The maximum Gasteiger partial charge on any atom is 0.379 e. The lowest BCUT2D eigenvalue weighted by Gasteiger charge is -2.26. The number of aliphatic hydroxyl groups is 1. The van der Waals surface area contributed by atoms with Gasteiger partial charge in [-0.1, -0.05) is 18.2 Å². The first-order valence-corrected chi connectivity index (χ1v) is 9.53. The van der Waals surface area contributed by atoms with Crippen LogP contribution in [0.5, 0.6) is 5.75 Å². The largest absolute Gasteiger partial charge is 0.424 e. The van der Waals surface area contributed by atoms with Gasteiger partial charge in [-0.25, -0.2) is 14.3 Å². The Balaban J connectivity index is 1.63. The van der Waals surface area contributed by atoms with E-state index in [4.69, 9.17) is 14.8 Å². The quantitative estimate of drug-likeness (QED) is 0.725. The standard InChI is InChI=1S/C15H19N4O5P/c16-14-17-10-19(15(21)18-14)7-11(8-20)5-6-25(22)23-9-12-3-1-2-4-13(12)24-25/h1-4,10-11,20H,5-9H2,(H2,16,18,21)/t11-,25?/m0/s1. The Hall–Kier alpha value is -2.22. The highest BCUT2D eigenvalue weighted by molar-refractivity contribution is 7.54. The van der Waals surface area contributed by atoms with Crippen LogP contribution in [0, 0.1) is 5.92 Å². The molecule has 0 saturated heterocycles. The Kier molecular flexibility index (Phi) is 5.17. The molecule has 2 atom stereocenters. The first-order valence-electron chi connectivity index (χ1n) is 7.80. The number of aliphatic hydroxyl groups excluding tert-OH is 1. The fraction of sp³-hybridized carbons (Fsp3) is 0.400. The summed E-state index contributed by atoms with van der Waals surface area (Å²) in [6.45, 7) is 0.224. The molecule has 3 rings (SSSR count). The van der Waals surface area contributed by atoms with Gasteiger partial charge in [-0.3, -0.25) is 9.09 Å². The van der Waals surface area contributed by atoms with E-state index >= 15 is 0 Å². The SMILES string of the molecule is Nc1ncn(C[C@@H](CO)CCP2(=O)OCc3ccccc3O2)c(=O)n1. The number of hydrogen-bond donors (Lipinski definition) is 2. The molecule has 0 aliphatic carbocycles. The van der Waals surface area contributed by atoms with Crippen molar-refractivity contribution in [2.24, 2.45) is 5.92 Å². The first-order chi connectivity index (χ1) is 12.0. The molecule has 1 aliphatic rings. The van der Waals surface area contributed by atoms with Crippen molar-refractivity contribution in [3.05, 3.63) is 46.6 Å². The van der Waals surface area contributed by atoms with E-state index in [-0.39, 0.29) is 37.8 Å². The maximum atomic E-state index is 12.7. The second-order valence-corrected chi connectivity index (χ2v) is 7.90. The van der Waals surface area contributed by atoms with Gasteiger partial charge in [0.15, 0.2) is 0 Å². The van der Waals surface area contributed by atoms with Crippen molar-refractivity contribution in [2.45, 2.75) is 19.6 Å². The van der Waals surface area contributed by atoms with Crippen LogP contribution < -0.4 is 15.9 Å². The van der Waals surface area contributed by atoms with E-state index in [0.29, 0.717) is 12.2 Å². The third kappa shape index (κ3) is 4.25. The predicted molar refractivity (Wildman–Crippen MR) is 90.2 cm³/mol. The molecule has 0 spiro atoms. The van der Waals surface area contributed by atoms with Crippen LogP contribution in [0.25, 0.3) is 0 Å². The number of benzene rings is 1. The number of nitrogens with zero attached hydrogens (tertiary/aromatic N) is 3. The van der Waals surface area contributed by atoms with Gasteiger partial charge in [0.1, 0.15) is 12.1 Å². The lowest BCUT2D eigenvalue weighted by atomic mass is 10.1. The fourth-order valence-electron chi connectivity index (χ4n) is 2.52. The van der Waals surface area contributed by atoms with E-state index in [1.807, 2.05) is 12.1 Å². The van der Waals surface area contributed by atoms with Crippen LogP contribution in [0.2, 0.25) is 0 Å². The molecule has 2 heterocycles. The highest BCUT2D eigenvalue weighted by Crippen LogP contribution is 2.54. The van der Waals surface area contributed by atoms with Gasteiger partial charge in [0.05, 0.1) is 12.8 Å². The van der Waals surface area contributed by atoms with Crippen molar-refractivity contribution in [3.8, 4) is 5.75 Å². The van der Waals surface area contributed by atoms with Crippen molar-refractivity contribution in [1.29, 1.82) is 0 Å². The highest BCUT2D eigenvalue weighted by atomic mass is 31.2. The Morgan fingerprint density at radius 2 is 2.20 bits per heavy atom. The minimum Gasteiger partial charge on any atom is -0.424 e. The molecule has 134 valence electrons. The summed E-state index contributed by atoms with van der Waals surface area (Å²) in [7, 11) is -3.29. The number of rotatable bonds is 6. The zero-order valence-corrected chi connectivity index (χ0v) is 14.3. The molecule has 1 aromatic heterocycles. The Labute approximate surface area is 144 Å². The van der Waals surface area contributed by atoms with Crippen LogP contribution >= 0.6 is 7.60 Å². The Morgan fingerprint density at radius 3 is 2.96 bits per heavy atom. The second-order valence-electron chi connectivity index (χ2n) is 5.79. The summed E-state index contributed by atoms with van der Waals surface area (Å²) in [6, 6.07) is 7.26. The zero-order chi connectivity index (χ0) is 17.9. The summed E-state index contributed by atoms with van der Waals surface area (Å²) in [5, 5.41) is 9.55. The normalized spacial score (nSPS) is 20.5.